The van der Waals surface area contributed by atoms with Crippen LogP contribution < -0.4 is 9.80 Å². The van der Waals surface area contributed by atoms with Crippen LogP contribution in [0.25, 0.3) is 0 Å². The molecule has 2 aliphatic heterocycles. The zero-order valence-electron chi connectivity index (χ0n) is 22.2. The molecule has 7 nitrogen and oxygen atoms in total. The van der Waals surface area contributed by atoms with Crippen molar-refractivity contribution in [1.29, 1.82) is 0 Å². The van der Waals surface area contributed by atoms with Crippen LogP contribution in [0.5, 0.6) is 0 Å². The monoisotopic (exact) mass is 517 g/mol. The number of fused-ring (bicyclic) bond motifs is 1. The van der Waals surface area contributed by atoms with E-state index in [0.29, 0.717) is 67.7 Å². The average Bonchev–Trinajstić information content (AvgIpc) is 3.23. The van der Waals surface area contributed by atoms with Crippen LogP contribution in [0.4, 0.5) is 15.8 Å². The highest BCUT2D eigenvalue weighted by Crippen LogP contribution is 2.52. The van der Waals surface area contributed by atoms with Crippen LogP contribution in [0.3, 0.4) is 0 Å². The number of morpholine rings is 1. The van der Waals surface area contributed by atoms with E-state index in [2.05, 4.69) is 41.2 Å². The van der Waals surface area contributed by atoms with E-state index in [1.165, 1.54) is 17.2 Å². The normalized spacial score (nSPS) is 22.9. The van der Waals surface area contributed by atoms with Crippen molar-refractivity contribution in [2.24, 2.45) is 24.8 Å². The molecule has 6 rings (SSSR count). The Kier molecular flexibility index (Phi) is 6.93. The van der Waals surface area contributed by atoms with E-state index in [0.717, 1.165) is 26.1 Å². The molecule has 0 radical (unpaired) electrons. The van der Waals surface area contributed by atoms with Crippen molar-refractivity contribution in [2.45, 2.75) is 19.9 Å². The van der Waals surface area contributed by atoms with Gasteiger partial charge in [-0.25, -0.2) is 4.39 Å². The van der Waals surface area contributed by atoms with Gasteiger partial charge in [0.2, 0.25) is 0 Å². The Morgan fingerprint density at radius 3 is 2.39 bits per heavy atom. The number of carbonyl (C=O) groups is 1. The highest BCUT2D eigenvalue weighted by Gasteiger charge is 2.56. The number of aromatic nitrogens is 2. The van der Waals surface area contributed by atoms with E-state index < -0.39 is 0 Å². The maximum Gasteiger partial charge on any atom is 0.278 e. The smallest absolute Gasteiger partial charge is 0.278 e. The molecule has 200 valence electrons. The lowest BCUT2D eigenvalue weighted by atomic mass is 10.1. The van der Waals surface area contributed by atoms with Crippen molar-refractivity contribution < 1.29 is 13.9 Å². The third-order valence-corrected chi connectivity index (χ3v) is 8.45. The van der Waals surface area contributed by atoms with Crippen molar-refractivity contribution in [3.8, 4) is 0 Å². The average molecular weight is 518 g/mol. The fourth-order valence-corrected chi connectivity index (χ4v) is 6.18. The molecule has 3 fully saturated rings. The van der Waals surface area contributed by atoms with Gasteiger partial charge in [0.1, 0.15) is 5.82 Å². The van der Waals surface area contributed by atoms with Gasteiger partial charge in [-0.3, -0.25) is 14.4 Å². The lowest BCUT2D eigenvalue weighted by molar-refractivity contribution is 0.0978. The summed E-state index contributed by atoms with van der Waals surface area (Å²) in [5, 5.41) is 4.34. The molecule has 38 heavy (non-hydrogen) atoms. The SMILES string of the molecule is CCc1ccc(CN2CC3C(C2)C3CN(C(=O)c2ccn(C)n2)c2ccc(N3CCOCC3)c(F)c2)cc1. The van der Waals surface area contributed by atoms with Gasteiger partial charge in [0.25, 0.3) is 5.91 Å². The zero-order chi connectivity index (χ0) is 26.2. The van der Waals surface area contributed by atoms with E-state index in [1.54, 1.807) is 35.0 Å². The second kappa shape index (κ2) is 10.5. The molecule has 2 saturated heterocycles. The molecule has 3 heterocycles. The number of nitrogens with zero attached hydrogens (tertiary/aromatic N) is 5. The van der Waals surface area contributed by atoms with Crippen LogP contribution in [-0.4, -0.2) is 66.5 Å². The Balaban J connectivity index is 1.16. The van der Waals surface area contributed by atoms with Crippen LogP contribution in [0, 0.1) is 23.6 Å². The number of amides is 1. The molecule has 1 amide bonds. The van der Waals surface area contributed by atoms with Crippen molar-refractivity contribution in [3.05, 3.63) is 77.4 Å². The molecule has 3 aromatic rings. The maximum atomic E-state index is 15.3. The van der Waals surface area contributed by atoms with E-state index in [1.807, 2.05) is 11.0 Å². The van der Waals surface area contributed by atoms with E-state index in [4.69, 9.17) is 4.74 Å². The highest BCUT2D eigenvalue weighted by atomic mass is 19.1. The number of anilines is 2. The summed E-state index contributed by atoms with van der Waals surface area (Å²) in [4.78, 5) is 19.9. The lowest BCUT2D eigenvalue weighted by Crippen LogP contribution is -2.37. The topological polar surface area (TPSA) is 53.8 Å². The molecule has 1 saturated carbocycles. The van der Waals surface area contributed by atoms with Crippen molar-refractivity contribution in [3.63, 3.8) is 0 Å². The van der Waals surface area contributed by atoms with Gasteiger partial charge in [-0.05, 0) is 59.6 Å². The molecule has 8 heteroatoms. The van der Waals surface area contributed by atoms with Gasteiger partial charge < -0.3 is 14.5 Å². The number of likely N-dealkylation sites (tertiary alicyclic amines) is 1. The molecular weight excluding hydrogens is 481 g/mol. The van der Waals surface area contributed by atoms with Crippen LogP contribution in [0.1, 0.15) is 28.5 Å². The highest BCUT2D eigenvalue weighted by molar-refractivity contribution is 6.04. The van der Waals surface area contributed by atoms with Gasteiger partial charge >= 0.3 is 0 Å². The minimum absolute atomic E-state index is 0.179. The van der Waals surface area contributed by atoms with Crippen LogP contribution in [0.2, 0.25) is 0 Å². The summed E-state index contributed by atoms with van der Waals surface area (Å²) in [6.07, 6.45) is 2.83. The number of rotatable bonds is 8. The number of benzene rings is 2. The largest absolute Gasteiger partial charge is 0.378 e. The first kappa shape index (κ1) is 25.1. The number of carbonyl (C=O) groups excluding carboxylic acids is 1. The Morgan fingerprint density at radius 2 is 1.76 bits per heavy atom. The van der Waals surface area contributed by atoms with Gasteiger partial charge in [-0.2, -0.15) is 5.10 Å². The summed E-state index contributed by atoms with van der Waals surface area (Å²) in [5.74, 6) is 1.08. The minimum atomic E-state index is -0.306. The first-order chi connectivity index (χ1) is 18.5. The number of hydrogen-bond acceptors (Lipinski definition) is 5. The first-order valence-corrected chi connectivity index (χ1v) is 13.7. The second-order valence-corrected chi connectivity index (χ2v) is 10.9. The van der Waals surface area contributed by atoms with Crippen LogP contribution in [-0.2, 0) is 24.8 Å². The molecule has 0 N–H and O–H groups in total. The van der Waals surface area contributed by atoms with Crippen LogP contribution >= 0.6 is 0 Å². The van der Waals surface area contributed by atoms with E-state index in [-0.39, 0.29) is 11.7 Å². The number of aryl methyl sites for hydroxylation is 2. The fraction of sp³-hybridized carbons (Fsp3) is 0.467. The number of ether oxygens (including phenoxy) is 1. The van der Waals surface area contributed by atoms with Gasteiger partial charge in [0.05, 0.1) is 18.9 Å². The summed E-state index contributed by atoms with van der Waals surface area (Å²) in [6.45, 7) is 8.33. The third-order valence-electron chi connectivity index (χ3n) is 8.45. The molecule has 2 atom stereocenters. The minimum Gasteiger partial charge on any atom is -0.378 e. The first-order valence-electron chi connectivity index (χ1n) is 13.7. The Labute approximate surface area is 223 Å². The summed E-state index contributed by atoms with van der Waals surface area (Å²) in [7, 11) is 1.80. The maximum absolute atomic E-state index is 15.3. The number of piperidine rings is 1. The Hall–Kier alpha value is -3.23. The quantitative estimate of drug-likeness (QED) is 0.453. The number of hydrogen-bond donors (Lipinski definition) is 0. The summed E-state index contributed by atoms with van der Waals surface area (Å²) in [6, 6.07) is 15.8. The summed E-state index contributed by atoms with van der Waals surface area (Å²) < 4.78 is 22.4. The predicted octanol–water partition coefficient (Wildman–Crippen LogP) is 3.98. The fourth-order valence-electron chi connectivity index (χ4n) is 6.18. The molecule has 0 bridgehead atoms. The molecule has 0 spiro atoms. The molecule has 3 aliphatic rings. The van der Waals surface area contributed by atoms with Crippen molar-refractivity contribution in [1.82, 2.24) is 14.7 Å². The predicted molar refractivity (Wildman–Crippen MR) is 146 cm³/mol. The zero-order valence-corrected chi connectivity index (χ0v) is 22.2. The number of halogens is 1. The summed E-state index contributed by atoms with van der Waals surface area (Å²) >= 11 is 0. The van der Waals surface area contributed by atoms with Crippen LogP contribution in [0.15, 0.2) is 54.7 Å². The lowest BCUT2D eigenvalue weighted by Gasteiger charge is -2.30. The molecule has 1 aliphatic carbocycles. The van der Waals surface area contributed by atoms with Gasteiger partial charge in [-0.1, -0.05) is 31.2 Å². The van der Waals surface area contributed by atoms with Crippen molar-refractivity contribution >= 4 is 17.3 Å². The molecular formula is C30H36FN5O2. The Morgan fingerprint density at radius 1 is 1.05 bits per heavy atom. The van der Waals surface area contributed by atoms with E-state index >= 15 is 4.39 Å². The summed E-state index contributed by atoms with van der Waals surface area (Å²) in [5.41, 5.74) is 4.25. The second-order valence-electron chi connectivity index (χ2n) is 10.9. The molecule has 2 aromatic carbocycles. The third kappa shape index (κ3) is 5.07. The molecule has 1 aromatic heterocycles. The van der Waals surface area contributed by atoms with E-state index in [9.17, 15) is 4.79 Å². The van der Waals surface area contributed by atoms with Crippen molar-refractivity contribution in [2.75, 3.05) is 55.7 Å². The van der Waals surface area contributed by atoms with Gasteiger partial charge in [0.15, 0.2) is 5.69 Å². The van der Waals surface area contributed by atoms with Gasteiger partial charge in [-0.15, -0.1) is 0 Å². The molecule has 2 unspecified atom stereocenters. The standard InChI is InChI=1S/C30H36FN5O2/c1-3-21-4-6-22(7-5-21)17-34-18-24-25(19-34)26(24)20-36(30(37)28-10-11-33(2)32-28)23-8-9-29(27(31)16-23)35-12-14-38-15-13-35/h4-11,16,24-26H,3,12-15,17-20H2,1-2H3. The van der Waals surface area contributed by atoms with Gasteiger partial charge in [0, 0.05) is 58.2 Å². The Bertz CT molecular complexity index is 1270.